The number of rotatable bonds is 4. The summed E-state index contributed by atoms with van der Waals surface area (Å²) in [7, 11) is 0. The van der Waals surface area contributed by atoms with Crippen molar-refractivity contribution in [2.24, 2.45) is 0 Å². The normalized spacial score (nSPS) is 10.9. The molecule has 4 aromatic rings. The molecule has 4 rings (SSSR count). The number of amides is 1. The monoisotopic (exact) mass is 377 g/mol. The molecule has 134 valence electrons. The summed E-state index contributed by atoms with van der Waals surface area (Å²) < 4.78 is 15.8. The second-order valence-electron chi connectivity index (χ2n) is 5.90. The van der Waals surface area contributed by atoms with Gasteiger partial charge in [0.1, 0.15) is 5.82 Å². The van der Waals surface area contributed by atoms with Gasteiger partial charge in [0, 0.05) is 11.4 Å². The van der Waals surface area contributed by atoms with Crippen molar-refractivity contribution in [3.63, 3.8) is 0 Å². The Morgan fingerprint density at radius 3 is 2.44 bits per heavy atom. The number of thioether (sulfide) groups is 1. The zero-order valence-corrected chi connectivity index (χ0v) is 15.3. The maximum absolute atomic E-state index is 13.8. The molecule has 1 heterocycles. The molecule has 0 saturated heterocycles. The van der Waals surface area contributed by atoms with Gasteiger partial charge in [0.25, 0.3) is 5.91 Å². The summed E-state index contributed by atoms with van der Waals surface area (Å²) >= 11 is 1.57. The number of nitrogens with zero attached hydrogens (tertiary/aromatic N) is 2. The van der Waals surface area contributed by atoms with E-state index in [2.05, 4.69) is 14.9 Å². The molecule has 1 amide bonds. The Balaban J connectivity index is 1.64. The number of anilines is 1. The number of hydrogen-bond acceptors (Lipinski definition) is 3. The number of carbonyl (C=O) groups excluding carboxylic acids is 1. The van der Waals surface area contributed by atoms with Crippen LogP contribution in [0.3, 0.4) is 0 Å². The van der Waals surface area contributed by atoms with Crippen LogP contribution in [0.4, 0.5) is 10.1 Å². The lowest BCUT2D eigenvalue weighted by Gasteiger charge is -2.10. The highest BCUT2D eigenvalue weighted by atomic mass is 32.2. The van der Waals surface area contributed by atoms with Gasteiger partial charge in [-0.3, -0.25) is 9.36 Å². The molecule has 0 radical (unpaired) electrons. The summed E-state index contributed by atoms with van der Waals surface area (Å²) in [5, 5.41) is 3.62. The van der Waals surface area contributed by atoms with E-state index in [9.17, 15) is 9.18 Å². The van der Waals surface area contributed by atoms with E-state index in [1.54, 1.807) is 36.0 Å². The van der Waals surface area contributed by atoms with E-state index in [1.165, 1.54) is 12.1 Å². The molecule has 0 bridgehead atoms. The molecular formula is C21H16FN3OS. The molecule has 1 N–H and O–H groups in total. The van der Waals surface area contributed by atoms with Crippen LogP contribution in [0.5, 0.6) is 0 Å². The molecule has 0 aliphatic carbocycles. The van der Waals surface area contributed by atoms with Crippen LogP contribution in [0.25, 0.3) is 16.7 Å². The van der Waals surface area contributed by atoms with Gasteiger partial charge < -0.3 is 5.32 Å². The van der Waals surface area contributed by atoms with Crippen LogP contribution in [0.2, 0.25) is 0 Å². The van der Waals surface area contributed by atoms with Crippen molar-refractivity contribution in [2.45, 2.75) is 5.16 Å². The molecule has 0 atom stereocenters. The molecule has 4 nitrogen and oxygen atoms in total. The Kier molecular flexibility index (Phi) is 4.64. The maximum atomic E-state index is 13.8. The number of nitrogens with one attached hydrogen (secondary N) is 1. The molecule has 0 aliphatic heterocycles. The molecule has 1 aromatic heterocycles. The van der Waals surface area contributed by atoms with Crippen LogP contribution in [-0.2, 0) is 0 Å². The van der Waals surface area contributed by atoms with Crippen molar-refractivity contribution in [3.8, 4) is 5.69 Å². The van der Waals surface area contributed by atoms with E-state index in [0.29, 0.717) is 5.69 Å². The summed E-state index contributed by atoms with van der Waals surface area (Å²) in [5.74, 6) is -1.01. The summed E-state index contributed by atoms with van der Waals surface area (Å²) in [5.41, 5.74) is 3.51. The minimum absolute atomic E-state index is 0.0202. The summed E-state index contributed by atoms with van der Waals surface area (Å²) in [6.07, 6.45) is 1.99. The van der Waals surface area contributed by atoms with Crippen LogP contribution in [-0.4, -0.2) is 21.7 Å². The SMILES string of the molecule is CSc1nc2ccccc2n1-c1ccc(NC(=O)c2ccccc2F)cc1. The molecule has 0 fully saturated rings. The number of imidazole rings is 1. The van der Waals surface area contributed by atoms with Gasteiger partial charge in [-0.25, -0.2) is 9.37 Å². The van der Waals surface area contributed by atoms with E-state index in [-0.39, 0.29) is 5.56 Å². The highest BCUT2D eigenvalue weighted by Gasteiger charge is 2.13. The predicted octanol–water partition coefficient (Wildman–Crippen LogP) is 5.14. The van der Waals surface area contributed by atoms with E-state index in [4.69, 9.17) is 0 Å². The highest BCUT2D eigenvalue weighted by molar-refractivity contribution is 7.98. The number of aromatic nitrogens is 2. The average Bonchev–Trinajstić information content (AvgIpc) is 3.07. The second-order valence-corrected chi connectivity index (χ2v) is 6.68. The van der Waals surface area contributed by atoms with Crippen LogP contribution in [0.15, 0.2) is 78.0 Å². The minimum atomic E-state index is -0.541. The minimum Gasteiger partial charge on any atom is -0.322 e. The highest BCUT2D eigenvalue weighted by Crippen LogP contribution is 2.27. The van der Waals surface area contributed by atoms with Crippen molar-refractivity contribution in [1.29, 1.82) is 0 Å². The van der Waals surface area contributed by atoms with E-state index in [1.807, 2.05) is 42.7 Å². The van der Waals surface area contributed by atoms with Crippen molar-refractivity contribution in [3.05, 3.63) is 84.2 Å². The molecule has 0 aliphatic rings. The third-order valence-corrected chi connectivity index (χ3v) is 4.85. The van der Waals surface area contributed by atoms with Crippen LogP contribution < -0.4 is 5.32 Å². The van der Waals surface area contributed by atoms with Gasteiger partial charge in [-0.15, -0.1) is 0 Å². The molecule has 27 heavy (non-hydrogen) atoms. The fourth-order valence-corrected chi connectivity index (χ4v) is 3.50. The number of fused-ring (bicyclic) bond motifs is 1. The van der Waals surface area contributed by atoms with Gasteiger partial charge in [-0.1, -0.05) is 36.0 Å². The van der Waals surface area contributed by atoms with Gasteiger partial charge in [-0.05, 0) is 54.8 Å². The topological polar surface area (TPSA) is 46.9 Å². The van der Waals surface area contributed by atoms with Crippen molar-refractivity contribution < 1.29 is 9.18 Å². The first-order chi connectivity index (χ1) is 13.2. The fourth-order valence-electron chi connectivity index (χ4n) is 2.93. The van der Waals surface area contributed by atoms with Crippen molar-refractivity contribution in [1.82, 2.24) is 9.55 Å². The molecule has 0 spiro atoms. The lowest BCUT2D eigenvalue weighted by molar-refractivity contribution is 0.102. The van der Waals surface area contributed by atoms with Crippen molar-refractivity contribution in [2.75, 3.05) is 11.6 Å². The van der Waals surface area contributed by atoms with E-state index in [0.717, 1.165) is 21.9 Å². The molecule has 6 heteroatoms. The zero-order chi connectivity index (χ0) is 18.8. The molecular weight excluding hydrogens is 361 g/mol. The van der Waals surface area contributed by atoms with Gasteiger partial charge in [-0.2, -0.15) is 0 Å². The number of para-hydroxylation sites is 2. The lowest BCUT2D eigenvalue weighted by atomic mass is 10.2. The summed E-state index contributed by atoms with van der Waals surface area (Å²) in [6, 6.07) is 21.3. The quantitative estimate of drug-likeness (QED) is 0.501. The van der Waals surface area contributed by atoms with E-state index >= 15 is 0 Å². The summed E-state index contributed by atoms with van der Waals surface area (Å²) in [4.78, 5) is 16.9. The zero-order valence-electron chi connectivity index (χ0n) is 14.5. The molecule has 0 saturated carbocycles. The van der Waals surface area contributed by atoms with Gasteiger partial charge in [0.05, 0.1) is 16.6 Å². The Morgan fingerprint density at radius 1 is 1.00 bits per heavy atom. The number of hydrogen-bond donors (Lipinski definition) is 1. The molecule has 3 aromatic carbocycles. The van der Waals surface area contributed by atoms with Gasteiger partial charge in [0.15, 0.2) is 5.16 Å². The van der Waals surface area contributed by atoms with Gasteiger partial charge >= 0.3 is 0 Å². The second kappa shape index (κ2) is 7.25. The number of halogens is 1. The Morgan fingerprint density at radius 2 is 1.70 bits per heavy atom. The van der Waals surface area contributed by atoms with Crippen LogP contribution >= 0.6 is 11.8 Å². The van der Waals surface area contributed by atoms with E-state index < -0.39 is 11.7 Å². The van der Waals surface area contributed by atoms with Crippen LogP contribution in [0, 0.1) is 5.82 Å². The van der Waals surface area contributed by atoms with Crippen molar-refractivity contribution >= 4 is 34.4 Å². The standard InChI is InChI=1S/C21H16FN3OS/c1-27-21-24-18-8-4-5-9-19(18)25(21)15-12-10-14(11-13-15)23-20(26)16-6-2-3-7-17(16)22/h2-13H,1H3,(H,23,26). The first-order valence-electron chi connectivity index (χ1n) is 8.35. The Hall–Kier alpha value is -3.12. The first-order valence-corrected chi connectivity index (χ1v) is 9.57. The predicted molar refractivity (Wildman–Crippen MR) is 107 cm³/mol. The first kappa shape index (κ1) is 17.3. The van der Waals surface area contributed by atoms with Crippen LogP contribution in [0.1, 0.15) is 10.4 Å². The number of benzene rings is 3. The third-order valence-electron chi connectivity index (χ3n) is 4.21. The smallest absolute Gasteiger partial charge is 0.258 e. The lowest BCUT2D eigenvalue weighted by Crippen LogP contribution is -2.13. The Labute approximate surface area is 160 Å². The summed E-state index contributed by atoms with van der Waals surface area (Å²) in [6.45, 7) is 0. The third kappa shape index (κ3) is 3.31. The fraction of sp³-hybridized carbons (Fsp3) is 0.0476. The Bertz CT molecular complexity index is 1120. The average molecular weight is 377 g/mol. The van der Waals surface area contributed by atoms with Gasteiger partial charge in [0.2, 0.25) is 0 Å². The number of carbonyl (C=O) groups is 1. The maximum Gasteiger partial charge on any atom is 0.258 e. The largest absolute Gasteiger partial charge is 0.322 e. The molecule has 0 unspecified atom stereocenters.